The molecule has 9 heteroatoms. The third-order valence-electron chi connectivity index (χ3n) is 4.80. The van der Waals surface area contributed by atoms with E-state index >= 15 is 0 Å². The number of anilines is 2. The van der Waals surface area contributed by atoms with Gasteiger partial charge in [0.05, 0.1) is 19.3 Å². The predicted octanol–water partition coefficient (Wildman–Crippen LogP) is 4.20. The van der Waals surface area contributed by atoms with E-state index in [2.05, 4.69) is 39.7 Å². The van der Waals surface area contributed by atoms with Crippen molar-refractivity contribution in [1.82, 2.24) is 9.97 Å². The molecule has 1 aromatic carbocycles. The van der Waals surface area contributed by atoms with E-state index in [0.717, 1.165) is 37.7 Å². The summed E-state index contributed by atoms with van der Waals surface area (Å²) >= 11 is 4.58. The molecule has 0 amide bonds. The minimum absolute atomic E-state index is 0.00996. The molecule has 1 aliphatic rings. The molecule has 0 bridgehead atoms. The number of ether oxygens (including phenoxy) is 1. The molecule has 1 aliphatic heterocycles. The van der Waals surface area contributed by atoms with Crippen LogP contribution in [-0.4, -0.2) is 41.0 Å². The van der Waals surface area contributed by atoms with Gasteiger partial charge in [0.25, 0.3) is 0 Å². The smallest absolute Gasteiger partial charge is 0.224 e. The fourth-order valence-corrected chi connectivity index (χ4v) is 3.70. The van der Waals surface area contributed by atoms with Gasteiger partial charge in [0.15, 0.2) is 11.6 Å². The number of nitrogens with one attached hydrogen (secondary N) is 1. The molecule has 158 valence electrons. The van der Waals surface area contributed by atoms with Gasteiger partial charge in [-0.2, -0.15) is 17.6 Å². The molecule has 3 rings (SSSR count). The zero-order chi connectivity index (χ0) is 20.8. The number of thiol groups is 1. The third-order valence-corrected chi connectivity index (χ3v) is 5.17. The Morgan fingerprint density at radius 1 is 1.24 bits per heavy atom. The normalized spacial score (nSPS) is 19.0. The molecule has 5 nitrogen and oxygen atoms in total. The summed E-state index contributed by atoms with van der Waals surface area (Å²) < 4.78 is 45.8. The van der Waals surface area contributed by atoms with E-state index in [1.165, 1.54) is 0 Å². The summed E-state index contributed by atoms with van der Waals surface area (Å²) in [5.74, 6) is -1.78. The van der Waals surface area contributed by atoms with Gasteiger partial charge < -0.3 is 15.0 Å². The summed E-state index contributed by atoms with van der Waals surface area (Å²) in [5.41, 5.74) is -0.0136. The Kier molecular flexibility index (Phi) is 7.60. The molecule has 2 aromatic rings. The van der Waals surface area contributed by atoms with Crippen molar-refractivity contribution in [2.45, 2.75) is 44.1 Å². The Bertz CT molecular complexity index is 826. The number of halogens is 3. The molecule has 0 spiro atoms. The lowest BCUT2D eigenvalue weighted by Crippen LogP contribution is -2.34. The van der Waals surface area contributed by atoms with Crippen LogP contribution in [0.1, 0.15) is 31.7 Å². The van der Waals surface area contributed by atoms with E-state index in [1.807, 2.05) is 6.07 Å². The summed E-state index contributed by atoms with van der Waals surface area (Å²) in [6, 6.07) is 3.19. The molecular formula is C20H25F3N4OS. The van der Waals surface area contributed by atoms with Gasteiger partial charge in [0.2, 0.25) is 5.95 Å². The first-order valence-electron chi connectivity index (χ1n) is 9.70. The van der Waals surface area contributed by atoms with Crippen LogP contribution in [0.3, 0.4) is 0 Å². The van der Waals surface area contributed by atoms with E-state index in [9.17, 15) is 13.2 Å². The molecular weight excluding hydrogens is 401 g/mol. The summed E-state index contributed by atoms with van der Waals surface area (Å²) in [5, 5.41) is 3.36. The maximum atomic E-state index is 13.8. The van der Waals surface area contributed by atoms with Crippen molar-refractivity contribution in [3.8, 4) is 0 Å². The Hall–Kier alpha value is -2.00. The minimum Gasteiger partial charge on any atom is -0.375 e. The van der Waals surface area contributed by atoms with E-state index < -0.39 is 17.5 Å². The molecule has 2 heterocycles. The van der Waals surface area contributed by atoms with Crippen LogP contribution in [0.4, 0.5) is 24.9 Å². The number of benzene rings is 1. The van der Waals surface area contributed by atoms with E-state index in [4.69, 9.17) is 4.74 Å². The van der Waals surface area contributed by atoms with Crippen LogP contribution in [-0.2, 0) is 11.3 Å². The Morgan fingerprint density at radius 2 is 2.03 bits per heavy atom. The van der Waals surface area contributed by atoms with Gasteiger partial charge in [-0.15, -0.1) is 0 Å². The van der Waals surface area contributed by atoms with Crippen LogP contribution < -0.4 is 10.2 Å². The van der Waals surface area contributed by atoms with Gasteiger partial charge >= 0.3 is 0 Å². The second kappa shape index (κ2) is 10.2. The van der Waals surface area contributed by atoms with E-state index in [0.29, 0.717) is 18.6 Å². The molecule has 0 radical (unpaired) electrons. The zero-order valence-electron chi connectivity index (χ0n) is 16.2. The number of aromatic nitrogens is 2. The summed E-state index contributed by atoms with van der Waals surface area (Å²) in [6.07, 6.45) is 4.59. The number of hydrogen-bond acceptors (Lipinski definition) is 6. The Morgan fingerprint density at radius 3 is 2.83 bits per heavy atom. The summed E-state index contributed by atoms with van der Waals surface area (Å²) in [7, 11) is 0. The lowest BCUT2D eigenvalue weighted by molar-refractivity contribution is 0.106. The highest BCUT2D eigenvalue weighted by Gasteiger charge is 2.31. The average Bonchev–Trinajstić information content (AvgIpc) is 3.07. The lowest BCUT2D eigenvalue weighted by Gasteiger charge is -2.25. The van der Waals surface area contributed by atoms with Crippen molar-refractivity contribution in [2.75, 3.05) is 29.9 Å². The molecule has 1 fully saturated rings. The molecule has 2 atom stereocenters. The number of rotatable bonds is 9. The maximum Gasteiger partial charge on any atom is 0.224 e. The monoisotopic (exact) mass is 426 g/mol. The molecule has 1 aromatic heterocycles. The van der Waals surface area contributed by atoms with Crippen molar-refractivity contribution in [3.05, 3.63) is 47.4 Å². The lowest BCUT2D eigenvalue weighted by atomic mass is 10.2. The standard InChI is InChI=1S/C20H25F3N4OS/c1-2-3-5-24-20-25-6-4-19(26-20)27-10-15(29)8-14(27)12-28-11-13-7-17(22)18(23)9-16(13)21/h4,6-7,9,14-15,29H,2-3,5,8,10-12H2,1H3,(H,24,25,26)/t14-,15+/m0/s1. The highest BCUT2D eigenvalue weighted by Crippen LogP contribution is 2.28. The van der Waals surface area contributed by atoms with Gasteiger partial charge in [0, 0.05) is 36.2 Å². The van der Waals surface area contributed by atoms with Crippen molar-refractivity contribution in [3.63, 3.8) is 0 Å². The molecule has 0 saturated carbocycles. The number of unbranched alkanes of at least 4 members (excludes halogenated alkanes) is 1. The summed E-state index contributed by atoms with van der Waals surface area (Å²) in [6.45, 7) is 3.77. The maximum absolute atomic E-state index is 13.8. The van der Waals surface area contributed by atoms with E-state index in [1.54, 1.807) is 6.20 Å². The van der Waals surface area contributed by atoms with Crippen molar-refractivity contribution < 1.29 is 17.9 Å². The van der Waals surface area contributed by atoms with Crippen LogP contribution >= 0.6 is 12.6 Å². The topological polar surface area (TPSA) is 50.3 Å². The number of hydrogen-bond donors (Lipinski definition) is 2. The van der Waals surface area contributed by atoms with Crippen molar-refractivity contribution in [2.24, 2.45) is 0 Å². The first-order chi connectivity index (χ1) is 14.0. The molecule has 29 heavy (non-hydrogen) atoms. The SMILES string of the molecule is CCCCNc1nccc(N2C[C@H](S)C[C@H]2COCc2cc(F)c(F)cc2F)n1. The van der Waals surface area contributed by atoms with Gasteiger partial charge in [-0.25, -0.2) is 18.2 Å². The molecule has 1 saturated heterocycles. The fraction of sp³-hybridized carbons (Fsp3) is 0.500. The highest BCUT2D eigenvalue weighted by atomic mass is 32.1. The molecule has 0 aliphatic carbocycles. The van der Waals surface area contributed by atoms with Gasteiger partial charge in [0.1, 0.15) is 11.6 Å². The first kappa shape index (κ1) is 21.7. The first-order valence-corrected chi connectivity index (χ1v) is 10.2. The van der Waals surface area contributed by atoms with Gasteiger partial charge in [-0.3, -0.25) is 0 Å². The number of nitrogens with zero attached hydrogens (tertiary/aromatic N) is 3. The van der Waals surface area contributed by atoms with Crippen LogP contribution in [0.2, 0.25) is 0 Å². The Labute approximate surface area is 174 Å². The second-order valence-electron chi connectivity index (χ2n) is 7.09. The van der Waals surface area contributed by atoms with E-state index in [-0.39, 0.29) is 30.1 Å². The second-order valence-corrected chi connectivity index (χ2v) is 7.82. The van der Waals surface area contributed by atoms with Gasteiger partial charge in [-0.1, -0.05) is 13.3 Å². The van der Waals surface area contributed by atoms with Crippen LogP contribution in [0.5, 0.6) is 0 Å². The zero-order valence-corrected chi connectivity index (χ0v) is 17.1. The largest absolute Gasteiger partial charge is 0.375 e. The minimum atomic E-state index is -1.21. The van der Waals surface area contributed by atoms with Crippen molar-refractivity contribution in [1.29, 1.82) is 0 Å². The van der Waals surface area contributed by atoms with Crippen LogP contribution in [0.25, 0.3) is 0 Å². The fourth-order valence-electron chi connectivity index (χ4n) is 3.28. The van der Waals surface area contributed by atoms with Crippen molar-refractivity contribution >= 4 is 24.4 Å². The van der Waals surface area contributed by atoms with Crippen LogP contribution in [0, 0.1) is 17.5 Å². The molecule has 1 N–H and O–H groups in total. The van der Waals surface area contributed by atoms with Crippen LogP contribution in [0.15, 0.2) is 24.4 Å². The quantitative estimate of drug-likeness (QED) is 0.358. The molecule has 0 unspecified atom stereocenters. The average molecular weight is 427 g/mol. The Balaban J connectivity index is 1.62. The summed E-state index contributed by atoms with van der Waals surface area (Å²) in [4.78, 5) is 10.9. The van der Waals surface area contributed by atoms with Gasteiger partial charge in [-0.05, 0) is 25.0 Å². The third kappa shape index (κ3) is 5.76. The highest BCUT2D eigenvalue weighted by molar-refractivity contribution is 7.81. The predicted molar refractivity (Wildman–Crippen MR) is 110 cm³/mol.